The van der Waals surface area contributed by atoms with Crippen molar-refractivity contribution >= 4 is 5.91 Å². The number of aliphatic hydroxyl groups excluding tert-OH is 1. The van der Waals surface area contributed by atoms with E-state index in [9.17, 15) is 9.90 Å². The Balaban J connectivity index is 2.06. The molecule has 1 saturated carbocycles. The van der Waals surface area contributed by atoms with Gasteiger partial charge in [0.1, 0.15) is 5.69 Å². The molecule has 0 bridgehead atoms. The van der Waals surface area contributed by atoms with Gasteiger partial charge in [-0.3, -0.25) is 4.79 Å². The molecule has 4 nitrogen and oxygen atoms in total. The van der Waals surface area contributed by atoms with Crippen LogP contribution < -0.4 is 5.32 Å². The Morgan fingerprint density at radius 3 is 2.74 bits per heavy atom. The lowest BCUT2D eigenvalue weighted by molar-refractivity contribution is 0.0894. The molecule has 4 heteroatoms. The van der Waals surface area contributed by atoms with E-state index in [1.165, 1.54) is 6.42 Å². The van der Waals surface area contributed by atoms with E-state index in [1.807, 2.05) is 19.9 Å². The highest BCUT2D eigenvalue weighted by Crippen LogP contribution is 2.23. The van der Waals surface area contributed by atoms with Crippen molar-refractivity contribution in [2.45, 2.75) is 52.0 Å². The number of hydrogen-bond donors (Lipinski definition) is 3. The Hall–Kier alpha value is -1.29. The number of rotatable bonds is 3. The standard InChI is InChI=1S/C15H24N2O2/c1-10-8-11(2)16-14(10)15(19)17-13-7-5-3-4-6-12(13)9-18/h8,12-13,16,18H,3-7,9H2,1-2H3,(H,17,19). The summed E-state index contributed by atoms with van der Waals surface area (Å²) in [6.45, 7) is 4.05. The van der Waals surface area contributed by atoms with Crippen LogP contribution in [0.5, 0.6) is 0 Å². The maximum atomic E-state index is 12.3. The molecule has 0 saturated heterocycles. The van der Waals surface area contributed by atoms with Crippen LogP contribution in [-0.4, -0.2) is 28.6 Å². The quantitative estimate of drug-likeness (QED) is 0.733. The first-order chi connectivity index (χ1) is 9.11. The molecule has 3 N–H and O–H groups in total. The molecular formula is C15H24N2O2. The van der Waals surface area contributed by atoms with Gasteiger partial charge in [0, 0.05) is 24.3 Å². The first kappa shape index (κ1) is 14.1. The SMILES string of the molecule is Cc1cc(C)c(C(=O)NC2CCCCCC2CO)[nH]1. The van der Waals surface area contributed by atoms with Gasteiger partial charge in [0.15, 0.2) is 0 Å². The Bertz CT molecular complexity index is 439. The van der Waals surface area contributed by atoms with Crippen LogP contribution in [0.2, 0.25) is 0 Å². The molecule has 1 aliphatic rings. The van der Waals surface area contributed by atoms with E-state index in [0.29, 0.717) is 5.69 Å². The maximum absolute atomic E-state index is 12.3. The zero-order valence-electron chi connectivity index (χ0n) is 11.8. The van der Waals surface area contributed by atoms with Crippen LogP contribution in [-0.2, 0) is 0 Å². The van der Waals surface area contributed by atoms with Crippen molar-refractivity contribution in [3.05, 3.63) is 23.0 Å². The number of aryl methyl sites for hydroxylation is 2. The van der Waals surface area contributed by atoms with Crippen molar-refractivity contribution in [3.8, 4) is 0 Å². The van der Waals surface area contributed by atoms with Crippen LogP contribution in [0, 0.1) is 19.8 Å². The summed E-state index contributed by atoms with van der Waals surface area (Å²) in [7, 11) is 0. The number of carbonyl (C=O) groups is 1. The van der Waals surface area contributed by atoms with Gasteiger partial charge in [-0.1, -0.05) is 19.3 Å². The van der Waals surface area contributed by atoms with E-state index in [2.05, 4.69) is 10.3 Å². The summed E-state index contributed by atoms with van der Waals surface area (Å²) in [6, 6.07) is 2.08. The molecule has 2 unspecified atom stereocenters. The molecule has 0 aliphatic heterocycles. The average molecular weight is 264 g/mol. The monoisotopic (exact) mass is 264 g/mol. The van der Waals surface area contributed by atoms with Crippen LogP contribution in [0.25, 0.3) is 0 Å². The number of nitrogens with one attached hydrogen (secondary N) is 2. The number of H-pyrrole nitrogens is 1. The Morgan fingerprint density at radius 2 is 2.11 bits per heavy atom. The molecule has 1 amide bonds. The van der Waals surface area contributed by atoms with Gasteiger partial charge < -0.3 is 15.4 Å². The summed E-state index contributed by atoms with van der Waals surface area (Å²) in [4.78, 5) is 15.4. The second-order valence-electron chi connectivity index (χ2n) is 5.67. The highest BCUT2D eigenvalue weighted by Gasteiger charge is 2.25. The highest BCUT2D eigenvalue weighted by atomic mass is 16.3. The minimum absolute atomic E-state index is 0.0454. The molecule has 19 heavy (non-hydrogen) atoms. The Kier molecular flexibility index (Phi) is 4.64. The fourth-order valence-corrected chi connectivity index (χ4v) is 3.00. The third-order valence-corrected chi connectivity index (χ3v) is 4.09. The third-order valence-electron chi connectivity index (χ3n) is 4.09. The molecule has 1 aliphatic carbocycles. The van der Waals surface area contributed by atoms with Crippen molar-refractivity contribution in [2.75, 3.05) is 6.61 Å². The molecular weight excluding hydrogens is 240 g/mol. The second kappa shape index (κ2) is 6.24. The predicted molar refractivity (Wildman–Crippen MR) is 75.2 cm³/mol. The normalized spacial score (nSPS) is 23.9. The van der Waals surface area contributed by atoms with E-state index < -0.39 is 0 Å². The number of aliphatic hydroxyl groups is 1. The molecule has 0 aromatic carbocycles. The minimum atomic E-state index is -0.0454. The third kappa shape index (κ3) is 3.38. The lowest BCUT2D eigenvalue weighted by Gasteiger charge is -2.24. The van der Waals surface area contributed by atoms with E-state index >= 15 is 0 Å². The van der Waals surface area contributed by atoms with Crippen molar-refractivity contribution in [2.24, 2.45) is 5.92 Å². The summed E-state index contributed by atoms with van der Waals surface area (Å²) in [5, 5.41) is 12.6. The van der Waals surface area contributed by atoms with Gasteiger partial charge in [0.25, 0.3) is 5.91 Å². The summed E-state index contributed by atoms with van der Waals surface area (Å²) in [5.41, 5.74) is 2.63. The Labute approximate surface area is 114 Å². The lowest BCUT2D eigenvalue weighted by atomic mass is 9.95. The summed E-state index contributed by atoms with van der Waals surface area (Å²) in [6.07, 6.45) is 5.45. The van der Waals surface area contributed by atoms with Gasteiger partial charge in [-0.15, -0.1) is 0 Å². The van der Waals surface area contributed by atoms with Crippen molar-refractivity contribution in [3.63, 3.8) is 0 Å². The molecule has 1 aromatic heterocycles. The van der Waals surface area contributed by atoms with Gasteiger partial charge in [0.05, 0.1) is 0 Å². The summed E-state index contributed by atoms with van der Waals surface area (Å²) >= 11 is 0. The smallest absolute Gasteiger partial charge is 0.268 e. The second-order valence-corrected chi connectivity index (χ2v) is 5.67. The van der Waals surface area contributed by atoms with E-state index in [0.717, 1.165) is 36.9 Å². The van der Waals surface area contributed by atoms with Gasteiger partial charge >= 0.3 is 0 Å². The molecule has 2 atom stereocenters. The number of carbonyl (C=O) groups excluding carboxylic acids is 1. The number of hydrogen-bond acceptors (Lipinski definition) is 2. The molecule has 2 rings (SSSR count). The van der Waals surface area contributed by atoms with Crippen LogP contribution in [0.4, 0.5) is 0 Å². The van der Waals surface area contributed by atoms with Crippen LogP contribution >= 0.6 is 0 Å². The van der Waals surface area contributed by atoms with Gasteiger partial charge in [0.2, 0.25) is 0 Å². The van der Waals surface area contributed by atoms with E-state index in [4.69, 9.17) is 0 Å². The minimum Gasteiger partial charge on any atom is -0.396 e. The Morgan fingerprint density at radius 1 is 1.37 bits per heavy atom. The lowest BCUT2D eigenvalue weighted by Crippen LogP contribution is -2.41. The zero-order valence-corrected chi connectivity index (χ0v) is 11.8. The predicted octanol–water partition coefficient (Wildman–Crippen LogP) is 2.30. The molecule has 0 spiro atoms. The van der Waals surface area contributed by atoms with E-state index in [-0.39, 0.29) is 24.5 Å². The fraction of sp³-hybridized carbons (Fsp3) is 0.667. The van der Waals surface area contributed by atoms with Crippen molar-refractivity contribution in [1.82, 2.24) is 10.3 Å². The summed E-state index contributed by atoms with van der Waals surface area (Å²) in [5.74, 6) is 0.152. The van der Waals surface area contributed by atoms with Gasteiger partial charge in [-0.05, 0) is 38.3 Å². The maximum Gasteiger partial charge on any atom is 0.268 e. The highest BCUT2D eigenvalue weighted by molar-refractivity contribution is 5.94. The number of aromatic nitrogens is 1. The fourth-order valence-electron chi connectivity index (χ4n) is 3.00. The van der Waals surface area contributed by atoms with Crippen LogP contribution in [0.1, 0.15) is 53.8 Å². The molecule has 1 fully saturated rings. The molecule has 106 valence electrons. The van der Waals surface area contributed by atoms with Crippen molar-refractivity contribution in [1.29, 1.82) is 0 Å². The van der Waals surface area contributed by atoms with Crippen LogP contribution in [0.3, 0.4) is 0 Å². The first-order valence-corrected chi connectivity index (χ1v) is 7.19. The average Bonchev–Trinajstić information content (AvgIpc) is 2.60. The number of amides is 1. The zero-order chi connectivity index (χ0) is 13.8. The largest absolute Gasteiger partial charge is 0.396 e. The summed E-state index contributed by atoms with van der Waals surface area (Å²) < 4.78 is 0. The molecule has 1 heterocycles. The molecule has 1 aromatic rings. The first-order valence-electron chi connectivity index (χ1n) is 7.19. The molecule has 0 radical (unpaired) electrons. The van der Waals surface area contributed by atoms with Crippen LogP contribution in [0.15, 0.2) is 6.07 Å². The van der Waals surface area contributed by atoms with Crippen molar-refractivity contribution < 1.29 is 9.90 Å². The van der Waals surface area contributed by atoms with Gasteiger partial charge in [-0.2, -0.15) is 0 Å². The van der Waals surface area contributed by atoms with Gasteiger partial charge in [-0.25, -0.2) is 0 Å². The van der Waals surface area contributed by atoms with E-state index in [1.54, 1.807) is 0 Å². The topological polar surface area (TPSA) is 65.1 Å². The number of aromatic amines is 1.